The SMILES string of the molecule is C1=CC(=Nc2cn[nH]c2)C=CC1. The highest BCUT2D eigenvalue weighted by molar-refractivity contribution is 6.05. The average molecular weight is 159 g/mol. The Labute approximate surface area is 70.5 Å². The van der Waals surface area contributed by atoms with Crippen LogP contribution >= 0.6 is 0 Å². The van der Waals surface area contributed by atoms with Crippen LogP contribution in [0, 0.1) is 0 Å². The van der Waals surface area contributed by atoms with Gasteiger partial charge in [0.15, 0.2) is 0 Å². The van der Waals surface area contributed by atoms with Crippen LogP contribution in [0.4, 0.5) is 5.69 Å². The van der Waals surface area contributed by atoms with Crippen molar-refractivity contribution in [2.45, 2.75) is 6.42 Å². The molecule has 1 aliphatic carbocycles. The van der Waals surface area contributed by atoms with Gasteiger partial charge in [0.2, 0.25) is 0 Å². The van der Waals surface area contributed by atoms with E-state index in [0.717, 1.165) is 17.8 Å². The number of nitrogens with zero attached hydrogens (tertiary/aromatic N) is 2. The predicted octanol–water partition coefficient (Wildman–Crippen LogP) is 2.00. The van der Waals surface area contributed by atoms with Crippen LogP contribution in [-0.2, 0) is 0 Å². The average Bonchev–Trinajstić information content (AvgIpc) is 2.59. The first-order chi connectivity index (χ1) is 5.95. The third-order valence-corrected chi connectivity index (χ3v) is 1.59. The summed E-state index contributed by atoms with van der Waals surface area (Å²) in [6.07, 6.45) is 12.6. The van der Waals surface area contributed by atoms with Gasteiger partial charge in [-0.15, -0.1) is 0 Å². The summed E-state index contributed by atoms with van der Waals surface area (Å²) in [7, 11) is 0. The molecule has 12 heavy (non-hydrogen) atoms. The van der Waals surface area contributed by atoms with E-state index < -0.39 is 0 Å². The van der Waals surface area contributed by atoms with Gasteiger partial charge in [0.1, 0.15) is 5.69 Å². The number of hydrogen-bond acceptors (Lipinski definition) is 2. The minimum Gasteiger partial charge on any atom is -0.283 e. The van der Waals surface area contributed by atoms with Gasteiger partial charge in [-0.1, -0.05) is 12.2 Å². The Morgan fingerprint density at radius 1 is 1.33 bits per heavy atom. The largest absolute Gasteiger partial charge is 0.283 e. The highest BCUT2D eigenvalue weighted by Gasteiger charge is 1.94. The summed E-state index contributed by atoms with van der Waals surface area (Å²) >= 11 is 0. The van der Waals surface area contributed by atoms with Gasteiger partial charge >= 0.3 is 0 Å². The van der Waals surface area contributed by atoms with E-state index in [2.05, 4.69) is 27.3 Å². The molecule has 1 heterocycles. The van der Waals surface area contributed by atoms with E-state index in [9.17, 15) is 0 Å². The Kier molecular flexibility index (Phi) is 1.86. The monoisotopic (exact) mass is 159 g/mol. The summed E-state index contributed by atoms with van der Waals surface area (Å²) in [6.45, 7) is 0. The molecule has 0 unspecified atom stereocenters. The highest BCUT2D eigenvalue weighted by atomic mass is 15.1. The van der Waals surface area contributed by atoms with E-state index in [4.69, 9.17) is 0 Å². The van der Waals surface area contributed by atoms with Crippen molar-refractivity contribution in [3.63, 3.8) is 0 Å². The van der Waals surface area contributed by atoms with Crippen molar-refractivity contribution < 1.29 is 0 Å². The lowest BCUT2D eigenvalue weighted by atomic mass is 10.2. The molecule has 3 heteroatoms. The molecule has 1 N–H and O–H groups in total. The number of allylic oxidation sites excluding steroid dienone is 4. The van der Waals surface area contributed by atoms with Gasteiger partial charge in [0.25, 0.3) is 0 Å². The molecule has 3 nitrogen and oxygen atoms in total. The Balaban J connectivity index is 2.23. The fraction of sp³-hybridized carbons (Fsp3) is 0.111. The fourth-order valence-corrected chi connectivity index (χ4v) is 1.04. The molecule has 0 amide bonds. The Morgan fingerprint density at radius 2 is 2.17 bits per heavy atom. The number of aromatic amines is 1. The third-order valence-electron chi connectivity index (χ3n) is 1.59. The Hall–Kier alpha value is -1.64. The van der Waals surface area contributed by atoms with Gasteiger partial charge in [-0.3, -0.25) is 5.10 Å². The minimum absolute atomic E-state index is 0.862. The van der Waals surface area contributed by atoms with Crippen molar-refractivity contribution >= 4 is 11.4 Å². The molecular formula is C9H9N3. The molecule has 0 radical (unpaired) electrons. The van der Waals surface area contributed by atoms with E-state index >= 15 is 0 Å². The van der Waals surface area contributed by atoms with Gasteiger partial charge in [0.05, 0.1) is 11.9 Å². The molecule has 2 rings (SSSR count). The Bertz CT molecular complexity index is 317. The van der Waals surface area contributed by atoms with Gasteiger partial charge < -0.3 is 0 Å². The first kappa shape index (κ1) is 7.03. The Morgan fingerprint density at radius 3 is 2.83 bits per heavy atom. The maximum Gasteiger partial charge on any atom is 0.101 e. The van der Waals surface area contributed by atoms with Crippen molar-refractivity contribution in [3.8, 4) is 0 Å². The number of rotatable bonds is 1. The second kappa shape index (κ2) is 3.17. The molecular weight excluding hydrogens is 150 g/mol. The van der Waals surface area contributed by atoms with Gasteiger partial charge in [-0.2, -0.15) is 5.10 Å². The van der Waals surface area contributed by atoms with Crippen LogP contribution in [0.5, 0.6) is 0 Å². The smallest absolute Gasteiger partial charge is 0.101 e. The molecule has 0 aliphatic heterocycles. The van der Waals surface area contributed by atoms with Crippen molar-refractivity contribution in [1.82, 2.24) is 10.2 Å². The molecule has 1 aliphatic rings. The minimum atomic E-state index is 0.862. The number of hydrogen-bond donors (Lipinski definition) is 1. The van der Waals surface area contributed by atoms with E-state index in [1.54, 1.807) is 12.4 Å². The summed E-state index contributed by atoms with van der Waals surface area (Å²) < 4.78 is 0. The zero-order chi connectivity index (χ0) is 8.23. The van der Waals surface area contributed by atoms with E-state index in [1.165, 1.54) is 0 Å². The molecule has 0 spiro atoms. The lowest BCUT2D eigenvalue weighted by molar-refractivity contribution is 1.09. The molecule has 0 aromatic carbocycles. The maximum absolute atomic E-state index is 4.33. The highest BCUT2D eigenvalue weighted by Crippen LogP contribution is 2.09. The molecule has 0 atom stereocenters. The van der Waals surface area contributed by atoms with Crippen LogP contribution < -0.4 is 0 Å². The first-order valence-corrected chi connectivity index (χ1v) is 3.86. The van der Waals surface area contributed by atoms with Crippen molar-refractivity contribution in [3.05, 3.63) is 36.7 Å². The molecule has 1 aromatic rings. The zero-order valence-electron chi connectivity index (χ0n) is 6.57. The van der Waals surface area contributed by atoms with Crippen molar-refractivity contribution in [2.24, 2.45) is 4.99 Å². The lowest BCUT2D eigenvalue weighted by Crippen LogP contribution is -1.89. The zero-order valence-corrected chi connectivity index (χ0v) is 6.57. The van der Waals surface area contributed by atoms with Crippen LogP contribution in [-0.4, -0.2) is 15.9 Å². The molecule has 0 saturated heterocycles. The number of aliphatic imine (C=N–C) groups is 1. The van der Waals surface area contributed by atoms with Gasteiger partial charge in [-0.25, -0.2) is 4.99 Å². The quantitative estimate of drug-likeness (QED) is 0.669. The van der Waals surface area contributed by atoms with Crippen LogP contribution in [0.1, 0.15) is 6.42 Å². The second-order valence-corrected chi connectivity index (χ2v) is 2.53. The van der Waals surface area contributed by atoms with Gasteiger partial charge in [-0.05, 0) is 18.6 Å². The summed E-state index contributed by atoms with van der Waals surface area (Å²) in [5.74, 6) is 0. The van der Waals surface area contributed by atoms with Crippen molar-refractivity contribution in [1.29, 1.82) is 0 Å². The number of nitrogens with one attached hydrogen (secondary N) is 1. The number of H-pyrrole nitrogens is 1. The fourth-order valence-electron chi connectivity index (χ4n) is 1.04. The van der Waals surface area contributed by atoms with Crippen LogP contribution in [0.15, 0.2) is 41.7 Å². The lowest BCUT2D eigenvalue weighted by Gasteiger charge is -1.96. The summed E-state index contributed by atoms with van der Waals surface area (Å²) in [5.41, 5.74) is 1.84. The van der Waals surface area contributed by atoms with Crippen molar-refractivity contribution in [2.75, 3.05) is 0 Å². The summed E-state index contributed by atoms with van der Waals surface area (Å²) in [6, 6.07) is 0. The third kappa shape index (κ3) is 1.50. The van der Waals surface area contributed by atoms with Crippen LogP contribution in [0.3, 0.4) is 0 Å². The van der Waals surface area contributed by atoms with Crippen LogP contribution in [0.25, 0.3) is 0 Å². The molecule has 0 saturated carbocycles. The second-order valence-electron chi connectivity index (χ2n) is 2.53. The van der Waals surface area contributed by atoms with E-state index in [0.29, 0.717) is 0 Å². The van der Waals surface area contributed by atoms with E-state index in [-0.39, 0.29) is 0 Å². The predicted molar refractivity (Wildman–Crippen MR) is 48.6 cm³/mol. The van der Waals surface area contributed by atoms with Crippen LogP contribution in [0.2, 0.25) is 0 Å². The molecule has 0 bridgehead atoms. The summed E-state index contributed by atoms with van der Waals surface area (Å²) in [5, 5.41) is 6.52. The normalized spacial score (nSPS) is 15.2. The molecule has 60 valence electrons. The standard InChI is InChI=1S/C9H9N3/c1-2-4-8(5-3-1)12-9-6-10-11-7-9/h2-7H,1H2,(H,10,11). The number of aromatic nitrogens is 2. The first-order valence-electron chi connectivity index (χ1n) is 3.86. The van der Waals surface area contributed by atoms with Gasteiger partial charge in [0, 0.05) is 6.20 Å². The maximum atomic E-state index is 4.33. The molecule has 1 aromatic heterocycles. The van der Waals surface area contributed by atoms with E-state index in [1.807, 2.05) is 12.2 Å². The summed E-state index contributed by atoms with van der Waals surface area (Å²) in [4.78, 5) is 4.33. The topological polar surface area (TPSA) is 41.0 Å². The molecule has 0 fully saturated rings.